The Kier molecular flexibility index (Phi) is 10.8. The summed E-state index contributed by atoms with van der Waals surface area (Å²) in [6.45, 7) is 3.68. The second-order valence-corrected chi connectivity index (χ2v) is 7.73. The molecular formula is C23H32Cl2O2. The molecule has 150 valence electrons. The molecule has 4 heteroatoms. The van der Waals surface area contributed by atoms with E-state index in [1.54, 1.807) is 0 Å². The number of benzene rings is 2. The fourth-order valence-electron chi connectivity index (χ4n) is 3.08. The molecule has 0 fully saturated rings. The quantitative estimate of drug-likeness (QED) is 0.231. The molecule has 0 saturated carbocycles. The summed E-state index contributed by atoms with van der Waals surface area (Å²) < 4.78 is 11.7. The first-order valence-electron chi connectivity index (χ1n) is 10.3. The minimum absolute atomic E-state index is 0.668. The van der Waals surface area contributed by atoms with Gasteiger partial charge in [-0.15, -0.1) is 11.6 Å². The Hall–Kier alpha value is -1.12. The Morgan fingerprint density at radius 1 is 0.778 bits per heavy atom. The molecule has 0 bridgehead atoms. The monoisotopic (exact) mass is 410 g/mol. The van der Waals surface area contributed by atoms with Gasteiger partial charge >= 0.3 is 0 Å². The van der Waals surface area contributed by atoms with Gasteiger partial charge in [0.25, 0.3) is 0 Å². The zero-order chi connectivity index (χ0) is 19.3. The molecule has 0 saturated heterocycles. The van der Waals surface area contributed by atoms with E-state index < -0.39 is 0 Å². The average molecular weight is 411 g/mol. The van der Waals surface area contributed by atoms with Crippen molar-refractivity contribution in [1.29, 1.82) is 0 Å². The highest BCUT2D eigenvalue weighted by Crippen LogP contribution is 2.34. The molecule has 0 spiro atoms. The molecule has 0 radical (unpaired) electrons. The van der Waals surface area contributed by atoms with Crippen LogP contribution in [-0.4, -0.2) is 19.1 Å². The van der Waals surface area contributed by atoms with Gasteiger partial charge < -0.3 is 9.47 Å². The summed E-state index contributed by atoms with van der Waals surface area (Å²) >= 11 is 12.2. The number of halogens is 2. The number of unbranched alkanes of at least 4 members (excludes halogenated alkanes) is 7. The Morgan fingerprint density at radius 2 is 1.48 bits per heavy atom. The van der Waals surface area contributed by atoms with E-state index in [0.29, 0.717) is 17.5 Å². The van der Waals surface area contributed by atoms with Crippen LogP contribution in [0.3, 0.4) is 0 Å². The second-order valence-electron chi connectivity index (χ2n) is 6.97. The van der Waals surface area contributed by atoms with Crippen molar-refractivity contribution in [2.75, 3.05) is 19.1 Å². The smallest absolute Gasteiger partial charge is 0.138 e. The van der Waals surface area contributed by atoms with Crippen molar-refractivity contribution in [3.63, 3.8) is 0 Å². The lowest BCUT2D eigenvalue weighted by Crippen LogP contribution is -1.99. The Bertz CT molecular complexity index is 673. The maximum atomic E-state index is 6.53. The average Bonchev–Trinajstić information content (AvgIpc) is 2.68. The number of hydrogen-bond donors (Lipinski definition) is 0. The van der Waals surface area contributed by atoms with Crippen LogP contribution in [0.15, 0.2) is 30.3 Å². The molecule has 0 amide bonds. The van der Waals surface area contributed by atoms with Gasteiger partial charge in [-0.2, -0.15) is 0 Å². The molecule has 0 aliphatic rings. The second kappa shape index (κ2) is 13.1. The fraction of sp³-hybridized carbons (Fsp3) is 0.565. The van der Waals surface area contributed by atoms with Crippen LogP contribution in [0.4, 0.5) is 0 Å². The first-order valence-corrected chi connectivity index (χ1v) is 11.2. The Balaban J connectivity index is 1.83. The lowest BCUT2D eigenvalue weighted by molar-refractivity contribution is 0.304. The van der Waals surface area contributed by atoms with Crippen molar-refractivity contribution in [3.8, 4) is 11.5 Å². The number of alkyl halides is 1. The van der Waals surface area contributed by atoms with Gasteiger partial charge in [0.2, 0.25) is 0 Å². The van der Waals surface area contributed by atoms with Crippen molar-refractivity contribution in [2.24, 2.45) is 0 Å². The standard InChI is InChI=1S/C23H32Cl2O2/c1-2-3-4-5-6-9-16-26-20-12-13-21-19(18-20)11-14-22(23(21)25)27-17-10-7-8-15-24/h11-14,18H,2-10,15-17H2,1H3. The van der Waals surface area contributed by atoms with Crippen LogP contribution in [0, 0.1) is 0 Å². The molecule has 0 heterocycles. The maximum absolute atomic E-state index is 6.53. The van der Waals surface area contributed by atoms with E-state index in [1.165, 1.54) is 32.1 Å². The topological polar surface area (TPSA) is 18.5 Å². The molecular weight excluding hydrogens is 379 g/mol. The Labute approximate surface area is 174 Å². The SMILES string of the molecule is CCCCCCCCOc1ccc2c(Cl)c(OCCCCCCl)ccc2c1. The number of ether oxygens (including phenoxy) is 2. The van der Waals surface area contributed by atoms with Gasteiger partial charge in [-0.05, 0) is 55.3 Å². The molecule has 0 aromatic heterocycles. The predicted octanol–water partition coefficient (Wildman–Crippen LogP) is 8.02. The van der Waals surface area contributed by atoms with E-state index in [0.717, 1.165) is 54.6 Å². The maximum Gasteiger partial charge on any atom is 0.138 e. The first kappa shape index (κ1) is 22.2. The van der Waals surface area contributed by atoms with Crippen LogP contribution in [0.25, 0.3) is 10.8 Å². The summed E-state index contributed by atoms with van der Waals surface area (Å²) in [7, 11) is 0. The van der Waals surface area contributed by atoms with E-state index in [4.69, 9.17) is 32.7 Å². The number of rotatable bonds is 14. The van der Waals surface area contributed by atoms with Crippen molar-refractivity contribution in [2.45, 2.75) is 64.7 Å². The summed E-state index contributed by atoms with van der Waals surface area (Å²) in [6.07, 6.45) is 10.7. The molecule has 0 aliphatic carbocycles. The molecule has 2 nitrogen and oxygen atoms in total. The van der Waals surface area contributed by atoms with Crippen molar-refractivity contribution in [1.82, 2.24) is 0 Å². The number of fused-ring (bicyclic) bond motifs is 1. The van der Waals surface area contributed by atoms with Gasteiger partial charge in [-0.25, -0.2) is 0 Å². The molecule has 27 heavy (non-hydrogen) atoms. The zero-order valence-corrected chi connectivity index (χ0v) is 18.0. The first-order chi connectivity index (χ1) is 13.3. The molecule has 2 aromatic rings. The lowest BCUT2D eigenvalue weighted by atomic mass is 10.1. The number of hydrogen-bond acceptors (Lipinski definition) is 2. The third-order valence-corrected chi connectivity index (χ3v) is 5.35. The van der Waals surface area contributed by atoms with Crippen LogP contribution in [0.1, 0.15) is 64.7 Å². The van der Waals surface area contributed by atoms with Crippen LogP contribution >= 0.6 is 23.2 Å². The molecule has 2 aromatic carbocycles. The third kappa shape index (κ3) is 7.79. The van der Waals surface area contributed by atoms with E-state index >= 15 is 0 Å². The van der Waals surface area contributed by atoms with Gasteiger partial charge in [0.15, 0.2) is 0 Å². The highest BCUT2D eigenvalue weighted by Gasteiger charge is 2.08. The fourth-order valence-corrected chi connectivity index (χ4v) is 3.56. The van der Waals surface area contributed by atoms with E-state index in [1.807, 2.05) is 24.3 Å². The predicted molar refractivity (Wildman–Crippen MR) is 118 cm³/mol. The van der Waals surface area contributed by atoms with Crippen molar-refractivity contribution in [3.05, 3.63) is 35.4 Å². The summed E-state index contributed by atoms with van der Waals surface area (Å²) in [5.74, 6) is 2.36. The lowest BCUT2D eigenvalue weighted by Gasteiger charge is -2.12. The van der Waals surface area contributed by atoms with Crippen molar-refractivity contribution >= 4 is 34.0 Å². The molecule has 0 N–H and O–H groups in total. The Morgan fingerprint density at radius 3 is 2.26 bits per heavy atom. The van der Waals surface area contributed by atoms with E-state index in [9.17, 15) is 0 Å². The highest BCUT2D eigenvalue weighted by atomic mass is 35.5. The minimum atomic E-state index is 0.668. The summed E-state index contributed by atoms with van der Waals surface area (Å²) in [5, 5.41) is 2.75. The van der Waals surface area contributed by atoms with Gasteiger partial charge in [-0.1, -0.05) is 56.7 Å². The normalized spacial score (nSPS) is 11.1. The summed E-state index contributed by atoms with van der Waals surface area (Å²) in [4.78, 5) is 0. The van der Waals surface area contributed by atoms with E-state index in [-0.39, 0.29) is 0 Å². The van der Waals surface area contributed by atoms with Gasteiger partial charge in [0, 0.05) is 11.3 Å². The molecule has 0 atom stereocenters. The molecule has 0 aliphatic heterocycles. The summed E-state index contributed by atoms with van der Waals surface area (Å²) in [5.41, 5.74) is 0. The molecule has 2 rings (SSSR count). The van der Waals surface area contributed by atoms with Gasteiger partial charge in [0.1, 0.15) is 11.5 Å². The minimum Gasteiger partial charge on any atom is -0.494 e. The largest absolute Gasteiger partial charge is 0.494 e. The zero-order valence-electron chi connectivity index (χ0n) is 16.4. The van der Waals surface area contributed by atoms with E-state index in [2.05, 4.69) is 13.0 Å². The van der Waals surface area contributed by atoms with Gasteiger partial charge in [-0.3, -0.25) is 0 Å². The van der Waals surface area contributed by atoms with Crippen LogP contribution in [0.2, 0.25) is 5.02 Å². The van der Waals surface area contributed by atoms with Crippen LogP contribution < -0.4 is 9.47 Å². The van der Waals surface area contributed by atoms with Crippen molar-refractivity contribution < 1.29 is 9.47 Å². The van der Waals surface area contributed by atoms with Crippen LogP contribution in [-0.2, 0) is 0 Å². The van der Waals surface area contributed by atoms with Gasteiger partial charge in [0.05, 0.1) is 18.2 Å². The third-order valence-electron chi connectivity index (χ3n) is 4.69. The molecule has 0 unspecified atom stereocenters. The summed E-state index contributed by atoms with van der Waals surface area (Å²) in [6, 6.07) is 10.1. The van der Waals surface area contributed by atoms with Crippen LogP contribution in [0.5, 0.6) is 11.5 Å². The highest BCUT2D eigenvalue weighted by molar-refractivity contribution is 6.37.